The number of piperidine rings is 1. The molecule has 1 saturated heterocycles. The zero-order valence-corrected chi connectivity index (χ0v) is 11.7. The van der Waals surface area contributed by atoms with E-state index in [1.807, 2.05) is 0 Å². The van der Waals surface area contributed by atoms with Gasteiger partial charge in [0.15, 0.2) is 11.6 Å². The van der Waals surface area contributed by atoms with Crippen molar-refractivity contribution in [3.05, 3.63) is 29.8 Å². The molecule has 2 aliphatic rings. The molecule has 0 bridgehead atoms. The van der Waals surface area contributed by atoms with Gasteiger partial charge >= 0.3 is 0 Å². The molecule has 2 N–H and O–H groups in total. The van der Waals surface area contributed by atoms with Crippen molar-refractivity contribution in [2.45, 2.75) is 50.6 Å². The Morgan fingerprint density at radius 1 is 1.00 bits per heavy atom. The van der Waals surface area contributed by atoms with Crippen LogP contribution in [0.25, 0.3) is 0 Å². The van der Waals surface area contributed by atoms with Gasteiger partial charge in [0.2, 0.25) is 0 Å². The Balaban J connectivity index is 1.67. The first-order valence-electron chi connectivity index (χ1n) is 7.69. The van der Waals surface area contributed by atoms with E-state index in [-0.39, 0.29) is 0 Å². The maximum Gasteiger partial charge on any atom is 0.160 e. The number of anilines is 1. The van der Waals surface area contributed by atoms with E-state index in [2.05, 4.69) is 10.6 Å². The van der Waals surface area contributed by atoms with Gasteiger partial charge in [0.25, 0.3) is 0 Å². The van der Waals surface area contributed by atoms with Crippen LogP contribution in [0.15, 0.2) is 18.2 Å². The first-order valence-corrected chi connectivity index (χ1v) is 7.69. The fraction of sp³-hybridized carbons (Fsp3) is 0.625. The minimum atomic E-state index is -0.785. The second-order valence-electron chi connectivity index (χ2n) is 6.03. The largest absolute Gasteiger partial charge is 0.382 e. The topological polar surface area (TPSA) is 24.1 Å². The van der Waals surface area contributed by atoms with E-state index in [9.17, 15) is 8.78 Å². The van der Waals surface area contributed by atoms with E-state index < -0.39 is 11.6 Å². The minimum absolute atomic E-state index is 0.371. The highest BCUT2D eigenvalue weighted by atomic mass is 19.2. The molecule has 2 nitrogen and oxygen atoms in total. The van der Waals surface area contributed by atoms with Gasteiger partial charge in [-0.1, -0.05) is 12.8 Å². The van der Waals surface area contributed by atoms with Gasteiger partial charge in [0.05, 0.1) is 0 Å². The van der Waals surface area contributed by atoms with Crippen molar-refractivity contribution in [1.29, 1.82) is 0 Å². The summed E-state index contributed by atoms with van der Waals surface area (Å²) in [5, 5.41) is 7.03. The second-order valence-corrected chi connectivity index (χ2v) is 6.03. The molecule has 0 amide bonds. The van der Waals surface area contributed by atoms with Crippen LogP contribution in [-0.4, -0.2) is 18.6 Å². The summed E-state index contributed by atoms with van der Waals surface area (Å²) < 4.78 is 26.2. The molecule has 1 heterocycles. The third kappa shape index (κ3) is 2.95. The van der Waals surface area contributed by atoms with Crippen molar-refractivity contribution in [3.63, 3.8) is 0 Å². The number of halogens is 2. The number of hydrogen-bond donors (Lipinski definition) is 2. The van der Waals surface area contributed by atoms with E-state index >= 15 is 0 Å². The van der Waals surface area contributed by atoms with Crippen LogP contribution in [0.5, 0.6) is 0 Å². The third-order valence-corrected chi connectivity index (χ3v) is 4.71. The fourth-order valence-corrected chi connectivity index (χ4v) is 3.69. The molecule has 0 spiro atoms. The van der Waals surface area contributed by atoms with Crippen molar-refractivity contribution in [2.24, 2.45) is 5.92 Å². The normalized spacial score (nSPS) is 30.4. The average molecular weight is 280 g/mol. The van der Waals surface area contributed by atoms with Crippen LogP contribution in [-0.2, 0) is 0 Å². The molecule has 3 rings (SSSR count). The Hall–Kier alpha value is -1.16. The number of benzene rings is 1. The lowest BCUT2D eigenvalue weighted by Crippen LogP contribution is -2.44. The second kappa shape index (κ2) is 6.08. The van der Waals surface area contributed by atoms with Crippen LogP contribution >= 0.6 is 0 Å². The molecule has 1 aliphatic carbocycles. The standard InChI is InChI=1S/C16H22F2N2/c17-13-8-7-11(10-14(13)18)20-16-6-3-4-12(16)15-5-1-2-9-19-15/h7-8,10,12,15-16,19-20H,1-6,9H2. The lowest BCUT2D eigenvalue weighted by molar-refractivity contribution is 0.286. The smallest absolute Gasteiger partial charge is 0.160 e. The van der Waals surface area contributed by atoms with Crippen LogP contribution in [0, 0.1) is 17.6 Å². The highest BCUT2D eigenvalue weighted by Crippen LogP contribution is 2.33. The Morgan fingerprint density at radius 3 is 2.65 bits per heavy atom. The minimum Gasteiger partial charge on any atom is -0.382 e. The Kier molecular flexibility index (Phi) is 4.20. The first-order chi connectivity index (χ1) is 9.74. The number of nitrogens with one attached hydrogen (secondary N) is 2. The fourth-order valence-electron chi connectivity index (χ4n) is 3.69. The summed E-state index contributed by atoms with van der Waals surface area (Å²) in [6.07, 6.45) is 7.35. The number of hydrogen-bond acceptors (Lipinski definition) is 2. The van der Waals surface area contributed by atoms with Gasteiger partial charge in [-0.15, -0.1) is 0 Å². The van der Waals surface area contributed by atoms with Gasteiger partial charge in [0, 0.05) is 23.8 Å². The molecule has 3 atom stereocenters. The molecule has 1 aromatic carbocycles. The zero-order chi connectivity index (χ0) is 13.9. The quantitative estimate of drug-likeness (QED) is 0.882. The van der Waals surface area contributed by atoms with Gasteiger partial charge in [-0.05, 0) is 50.3 Å². The van der Waals surface area contributed by atoms with Gasteiger partial charge in [-0.25, -0.2) is 8.78 Å². The molecule has 1 aliphatic heterocycles. The van der Waals surface area contributed by atoms with E-state index in [4.69, 9.17) is 0 Å². The van der Waals surface area contributed by atoms with E-state index in [0.717, 1.165) is 13.0 Å². The van der Waals surface area contributed by atoms with Gasteiger partial charge in [0.1, 0.15) is 0 Å². The summed E-state index contributed by atoms with van der Waals surface area (Å²) in [6.45, 7) is 1.11. The van der Waals surface area contributed by atoms with Crippen LogP contribution in [0.4, 0.5) is 14.5 Å². The van der Waals surface area contributed by atoms with Crippen molar-refractivity contribution >= 4 is 5.69 Å². The Morgan fingerprint density at radius 2 is 1.90 bits per heavy atom. The summed E-state index contributed by atoms with van der Waals surface area (Å²) in [7, 11) is 0. The molecular weight excluding hydrogens is 258 g/mol. The zero-order valence-electron chi connectivity index (χ0n) is 11.7. The third-order valence-electron chi connectivity index (χ3n) is 4.71. The summed E-state index contributed by atoms with van der Waals surface area (Å²) in [5.74, 6) is -0.962. The first kappa shape index (κ1) is 13.8. The summed E-state index contributed by atoms with van der Waals surface area (Å²) in [6, 6.07) is 5.03. The van der Waals surface area contributed by atoms with Crippen LogP contribution in [0.3, 0.4) is 0 Å². The monoisotopic (exact) mass is 280 g/mol. The van der Waals surface area contributed by atoms with Crippen LogP contribution in [0.2, 0.25) is 0 Å². The van der Waals surface area contributed by atoms with Crippen molar-refractivity contribution in [3.8, 4) is 0 Å². The van der Waals surface area contributed by atoms with Crippen LogP contribution in [0.1, 0.15) is 38.5 Å². The van der Waals surface area contributed by atoms with Gasteiger partial charge in [-0.2, -0.15) is 0 Å². The molecule has 0 radical (unpaired) electrons. The van der Waals surface area contributed by atoms with Gasteiger partial charge < -0.3 is 10.6 Å². The lowest BCUT2D eigenvalue weighted by Gasteiger charge is -2.33. The average Bonchev–Trinajstić information content (AvgIpc) is 2.92. The van der Waals surface area contributed by atoms with Crippen molar-refractivity contribution < 1.29 is 8.78 Å². The van der Waals surface area contributed by atoms with Crippen LogP contribution < -0.4 is 10.6 Å². The Bertz CT molecular complexity index is 458. The molecule has 2 fully saturated rings. The highest BCUT2D eigenvalue weighted by Gasteiger charge is 2.34. The predicted octanol–water partition coefficient (Wildman–Crippen LogP) is 3.69. The molecule has 1 saturated carbocycles. The molecule has 110 valence electrons. The molecule has 3 unspecified atom stereocenters. The predicted molar refractivity (Wildman–Crippen MR) is 76.8 cm³/mol. The lowest BCUT2D eigenvalue weighted by atomic mass is 9.88. The number of rotatable bonds is 3. The SMILES string of the molecule is Fc1ccc(NC2CCCC2C2CCCCN2)cc1F. The van der Waals surface area contributed by atoms with E-state index in [1.54, 1.807) is 6.07 Å². The van der Waals surface area contributed by atoms with Gasteiger partial charge in [-0.3, -0.25) is 0 Å². The maximum atomic E-state index is 13.3. The molecule has 0 aromatic heterocycles. The van der Waals surface area contributed by atoms with E-state index in [0.29, 0.717) is 23.7 Å². The van der Waals surface area contributed by atoms with E-state index in [1.165, 1.54) is 44.2 Å². The summed E-state index contributed by atoms with van der Waals surface area (Å²) in [5.41, 5.74) is 0.691. The summed E-state index contributed by atoms with van der Waals surface area (Å²) >= 11 is 0. The van der Waals surface area contributed by atoms with Crippen molar-refractivity contribution in [2.75, 3.05) is 11.9 Å². The van der Waals surface area contributed by atoms with Crippen molar-refractivity contribution in [1.82, 2.24) is 5.32 Å². The molecule has 4 heteroatoms. The molecular formula is C16H22F2N2. The molecule has 1 aromatic rings. The molecule has 20 heavy (non-hydrogen) atoms. The summed E-state index contributed by atoms with van der Waals surface area (Å²) in [4.78, 5) is 0. The maximum absolute atomic E-state index is 13.3. The Labute approximate surface area is 118 Å². The highest BCUT2D eigenvalue weighted by molar-refractivity contribution is 5.44.